The molecule has 1 saturated heterocycles. The summed E-state index contributed by atoms with van der Waals surface area (Å²) >= 11 is 0. The van der Waals surface area contributed by atoms with Crippen LogP contribution in [-0.4, -0.2) is 82.5 Å². The van der Waals surface area contributed by atoms with E-state index in [0.29, 0.717) is 50.0 Å². The van der Waals surface area contributed by atoms with E-state index in [2.05, 4.69) is 5.32 Å². The van der Waals surface area contributed by atoms with Gasteiger partial charge in [0.15, 0.2) is 0 Å². The molecule has 1 amide bonds. The van der Waals surface area contributed by atoms with Crippen LogP contribution in [0.15, 0.2) is 12.1 Å². The van der Waals surface area contributed by atoms with E-state index in [1.165, 1.54) is 6.07 Å². The zero-order valence-electron chi connectivity index (χ0n) is 19.2. The third-order valence-electron chi connectivity index (χ3n) is 7.39. The Morgan fingerprint density at radius 2 is 1.88 bits per heavy atom. The van der Waals surface area contributed by atoms with Gasteiger partial charge in [-0.2, -0.15) is 0 Å². The largest absolute Gasteiger partial charge is 0.507 e. The minimum absolute atomic E-state index is 0.0518. The number of aromatic carboxylic acids is 1. The van der Waals surface area contributed by atoms with Crippen molar-refractivity contribution in [2.45, 2.75) is 62.4 Å². The number of amides is 1. The van der Waals surface area contributed by atoms with Gasteiger partial charge < -0.3 is 40.9 Å². The van der Waals surface area contributed by atoms with Crippen molar-refractivity contribution in [1.29, 1.82) is 0 Å². The molecule has 4 rings (SSSR count). The number of likely N-dealkylation sites (tertiary alicyclic amines) is 1. The summed E-state index contributed by atoms with van der Waals surface area (Å²) in [5, 5.41) is 42.2. The molecule has 7 N–H and O–H groups in total. The number of aromatic hydroxyl groups is 1. The lowest BCUT2D eigenvalue weighted by molar-refractivity contribution is -0.141. The van der Waals surface area contributed by atoms with Crippen LogP contribution in [0.3, 0.4) is 0 Å². The van der Waals surface area contributed by atoms with Crippen molar-refractivity contribution in [2.75, 3.05) is 26.2 Å². The van der Waals surface area contributed by atoms with Crippen molar-refractivity contribution >= 4 is 19.0 Å². The molecule has 2 atom stereocenters. The Morgan fingerprint density at radius 3 is 2.47 bits per heavy atom. The first-order chi connectivity index (χ1) is 16.3. The Hall–Kier alpha value is -2.34. The first kappa shape index (κ1) is 24.8. The van der Waals surface area contributed by atoms with Crippen LogP contribution in [0, 0.1) is 5.92 Å². The number of phenols is 1. The lowest BCUT2D eigenvalue weighted by atomic mass is 9.81. The van der Waals surface area contributed by atoms with Crippen LogP contribution in [0.2, 0.25) is 5.82 Å². The van der Waals surface area contributed by atoms with E-state index in [1.54, 1.807) is 11.0 Å². The van der Waals surface area contributed by atoms with Gasteiger partial charge in [-0.1, -0.05) is 6.07 Å². The number of carbonyl (C=O) groups is 2. The summed E-state index contributed by atoms with van der Waals surface area (Å²) in [4.78, 5) is 26.2. The van der Waals surface area contributed by atoms with Gasteiger partial charge in [0.2, 0.25) is 5.91 Å². The van der Waals surface area contributed by atoms with Gasteiger partial charge in [-0.15, -0.1) is 0 Å². The molecule has 0 bridgehead atoms. The predicted octanol–water partition coefficient (Wildman–Crippen LogP) is 0.508. The normalized spacial score (nSPS) is 26.6. The summed E-state index contributed by atoms with van der Waals surface area (Å²) < 4.78 is 5.82. The summed E-state index contributed by atoms with van der Waals surface area (Å²) in [6.07, 6.45) is 4.80. The Labute approximate surface area is 199 Å². The number of rotatable bonds is 10. The van der Waals surface area contributed by atoms with Crippen molar-refractivity contribution in [3.05, 3.63) is 23.3 Å². The standard InChI is InChI=1S/C23H34BN3O7/c25-7-8-26-14-3-1-13(2-4-14)9-20(28)27-11-15(12-27)34-19-6-5-16(17-10-18(17)24(32)33)22(29)21(19)23(30)31/h5-6,13-15,17-18,26,29,32-33H,1-4,7-12,25H2,(H,30,31)/t13?,14?,17-,18-/m1/s1. The number of nitrogens with two attached hydrogens (primary N) is 1. The number of carboxylic acid groups (broad SMARTS) is 1. The molecule has 1 heterocycles. The molecule has 34 heavy (non-hydrogen) atoms. The maximum absolute atomic E-state index is 12.6. The van der Waals surface area contributed by atoms with Crippen LogP contribution >= 0.6 is 0 Å². The molecule has 0 unspecified atom stereocenters. The number of hydrogen-bond donors (Lipinski definition) is 6. The molecule has 10 nitrogen and oxygen atoms in total. The van der Waals surface area contributed by atoms with Gasteiger partial charge in [-0.05, 0) is 55.6 Å². The number of nitrogens with one attached hydrogen (secondary N) is 1. The molecule has 3 fully saturated rings. The second-order valence-electron chi connectivity index (χ2n) is 9.80. The fraction of sp³-hybridized carbons (Fsp3) is 0.652. The molecule has 11 heteroatoms. The van der Waals surface area contributed by atoms with E-state index in [-0.39, 0.29) is 29.2 Å². The molecule has 186 valence electrons. The molecule has 1 aliphatic heterocycles. The third kappa shape index (κ3) is 5.48. The van der Waals surface area contributed by atoms with Crippen molar-refractivity contribution < 1.29 is 34.6 Å². The van der Waals surface area contributed by atoms with Crippen LogP contribution in [-0.2, 0) is 4.79 Å². The summed E-state index contributed by atoms with van der Waals surface area (Å²) in [7, 11) is -1.50. The number of hydrogen-bond acceptors (Lipinski definition) is 8. The SMILES string of the molecule is NCCNC1CCC(CC(=O)N2CC(Oc3ccc([C@H]4C[C@H]4B(O)O)c(O)c3C(=O)O)C2)CC1. The minimum Gasteiger partial charge on any atom is -0.507 e. The fourth-order valence-corrected chi connectivity index (χ4v) is 5.22. The molecule has 0 radical (unpaired) electrons. The summed E-state index contributed by atoms with van der Waals surface area (Å²) in [5.41, 5.74) is 5.58. The summed E-state index contributed by atoms with van der Waals surface area (Å²) in [5.74, 6) is -1.90. The Kier molecular flexibility index (Phi) is 7.66. The Bertz CT molecular complexity index is 901. The van der Waals surface area contributed by atoms with Crippen LogP contribution in [0.25, 0.3) is 0 Å². The second-order valence-corrected chi connectivity index (χ2v) is 9.80. The number of benzene rings is 1. The third-order valence-corrected chi connectivity index (χ3v) is 7.39. The topological polar surface area (TPSA) is 166 Å². The maximum Gasteiger partial charge on any atom is 0.455 e. The summed E-state index contributed by atoms with van der Waals surface area (Å²) in [6, 6.07) is 3.56. The van der Waals surface area contributed by atoms with Gasteiger partial charge in [-0.3, -0.25) is 4.79 Å². The van der Waals surface area contributed by atoms with Gasteiger partial charge in [0.25, 0.3) is 0 Å². The van der Waals surface area contributed by atoms with Gasteiger partial charge in [0.1, 0.15) is 23.2 Å². The van der Waals surface area contributed by atoms with Crippen LogP contribution in [0.4, 0.5) is 0 Å². The summed E-state index contributed by atoms with van der Waals surface area (Å²) in [6.45, 7) is 2.22. The lowest BCUT2D eigenvalue weighted by Crippen LogP contribution is -2.56. The van der Waals surface area contributed by atoms with Crippen LogP contribution in [0.1, 0.15) is 60.4 Å². The number of carboxylic acids is 1. The molecule has 0 aromatic heterocycles. The zero-order valence-corrected chi connectivity index (χ0v) is 19.2. The molecule has 0 spiro atoms. The van der Waals surface area contributed by atoms with E-state index in [1.807, 2.05) is 0 Å². The monoisotopic (exact) mass is 475 g/mol. The minimum atomic E-state index is -1.50. The number of carbonyl (C=O) groups excluding carboxylic acids is 1. The van der Waals surface area contributed by atoms with Gasteiger partial charge in [0, 0.05) is 31.4 Å². The average molecular weight is 475 g/mol. The van der Waals surface area contributed by atoms with Crippen molar-refractivity contribution in [3.63, 3.8) is 0 Å². The van der Waals surface area contributed by atoms with Crippen molar-refractivity contribution in [3.8, 4) is 11.5 Å². The Balaban J connectivity index is 1.27. The van der Waals surface area contributed by atoms with E-state index < -0.39 is 24.7 Å². The van der Waals surface area contributed by atoms with E-state index in [9.17, 15) is 29.9 Å². The Morgan fingerprint density at radius 1 is 1.18 bits per heavy atom. The fourth-order valence-electron chi connectivity index (χ4n) is 5.22. The van der Waals surface area contributed by atoms with Gasteiger partial charge in [0.05, 0.1) is 13.1 Å². The molecular formula is C23H34BN3O7. The molecule has 1 aromatic carbocycles. The van der Waals surface area contributed by atoms with Gasteiger partial charge >= 0.3 is 13.1 Å². The zero-order chi connectivity index (χ0) is 24.4. The predicted molar refractivity (Wildman–Crippen MR) is 125 cm³/mol. The quantitative estimate of drug-likeness (QED) is 0.264. The molecule has 2 saturated carbocycles. The van der Waals surface area contributed by atoms with E-state index >= 15 is 0 Å². The maximum atomic E-state index is 12.6. The van der Waals surface area contributed by atoms with E-state index in [0.717, 1.165) is 32.2 Å². The molecule has 3 aliphatic rings. The first-order valence-corrected chi connectivity index (χ1v) is 12.1. The molecular weight excluding hydrogens is 441 g/mol. The van der Waals surface area contributed by atoms with Gasteiger partial charge in [-0.25, -0.2) is 4.79 Å². The highest BCUT2D eigenvalue weighted by molar-refractivity contribution is 6.44. The lowest BCUT2D eigenvalue weighted by Gasteiger charge is -2.40. The van der Waals surface area contributed by atoms with Crippen LogP contribution in [0.5, 0.6) is 11.5 Å². The van der Waals surface area contributed by atoms with E-state index in [4.69, 9.17) is 10.5 Å². The average Bonchev–Trinajstić information content (AvgIpc) is 3.56. The van der Waals surface area contributed by atoms with Crippen molar-refractivity contribution in [1.82, 2.24) is 10.2 Å². The second kappa shape index (κ2) is 10.5. The smallest absolute Gasteiger partial charge is 0.455 e. The number of ether oxygens (including phenoxy) is 1. The van der Waals surface area contributed by atoms with Crippen molar-refractivity contribution in [2.24, 2.45) is 11.7 Å². The highest BCUT2D eigenvalue weighted by atomic mass is 16.5. The highest BCUT2D eigenvalue weighted by Gasteiger charge is 2.48. The first-order valence-electron chi connectivity index (χ1n) is 12.1. The number of nitrogens with zero attached hydrogens (tertiary/aromatic N) is 1. The highest BCUT2D eigenvalue weighted by Crippen LogP contribution is 2.56. The molecule has 1 aromatic rings. The molecule has 2 aliphatic carbocycles. The van der Waals surface area contributed by atoms with Crippen LogP contribution < -0.4 is 15.8 Å².